The molecule has 1 aromatic carbocycles. The summed E-state index contributed by atoms with van der Waals surface area (Å²) in [6.07, 6.45) is -0.467. The van der Waals surface area contributed by atoms with Crippen molar-refractivity contribution in [2.24, 2.45) is 0 Å². The zero-order valence-electron chi connectivity index (χ0n) is 8.22. The number of fused-ring (bicyclic) bond motifs is 1. The molecule has 16 heavy (non-hydrogen) atoms. The molecule has 3 nitrogen and oxygen atoms in total. The van der Waals surface area contributed by atoms with Crippen LogP contribution in [-0.4, -0.2) is 16.9 Å². The first-order valence-corrected chi connectivity index (χ1v) is 4.65. The summed E-state index contributed by atoms with van der Waals surface area (Å²) in [5.41, 5.74) is 0.918. The van der Waals surface area contributed by atoms with Crippen LogP contribution in [0.1, 0.15) is 10.4 Å². The lowest BCUT2D eigenvalue weighted by molar-refractivity contribution is 0.0918. The molecule has 0 spiro atoms. The number of aromatic nitrogens is 1. The number of alkyl halides is 1. The van der Waals surface area contributed by atoms with E-state index in [4.69, 9.17) is 5.26 Å². The molecule has 0 fully saturated rings. The number of carbonyl (C=O) groups excluding carboxylic acids is 1. The monoisotopic (exact) mass is 214 g/mol. The number of halogens is 1. The number of nitrogens with zero attached hydrogens (tertiary/aromatic N) is 2. The molecule has 0 radical (unpaired) electrons. The standard InChI is InChI=1S/C12H7FN2O/c13-10(7-14)12(16)9-3-4-11-8(6-9)2-1-5-15-11/h1-6,10H. The second-order valence-corrected chi connectivity index (χ2v) is 3.27. The fraction of sp³-hybridized carbons (Fsp3) is 0.0833. The van der Waals surface area contributed by atoms with Gasteiger partial charge in [0.25, 0.3) is 0 Å². The van der Waals surface area contributed by atoms with Crippen LogP contribution in [-0.2, 0) is 0 Å². The molecule has 0 aliphatic carbocycles. The number of rotatable bonds is 2. The van der Waals surface area contributed by atoms with Gasteiger partial charge in [-0.3, -0.25) is 9.78 Å². The Bertz CT molecular complexity index is 589. The van der Waals surface area contributed by atoms with Crippen molar-refractivity contribution in [2.45, 2.75) is 6.17 Å². The molecule has 2 aromatic rings. The molecule has 0 saturated heterocycles. The van der Waals surface area contributed by atoms with Crippen molar-refractivity contribution in [3.8, 4) is 6.07 Å². The maximum Gasteiger partial charge on any atom is 0.248 e. The summed E-state index contributed by atoms with van der Waals surface area (Å²) in [6, 6.07) is 9.43. The van der Waals surface area contributed by atoms with Gasteiger partial charge in [0.05, 0.1) is 5.52 Å². The molecule has 0 bridgehead atoms. The van der Waals surface area contributed by atoms with Gasteiger partial charge in [-0.05, 0) is 24.3 Å². The fourth-order valence-electron chi connectivity index (χ4n) is 1.43. The van der Waals surface area contributed by atoms with Gasteiger partial charge in [0.15, 0.2) is 0 Å². The van der Waals surface area contributed by atoms with Gasteiger partial charge in [0, 0.05) is 17.1 Å². The molecule has 1 unspecified atom stereocenters. The molecule has 1 atom stereocenters. The van der Waals surface area contributed by atoms with Crippen LogP contribution >= 0.6 is 0 Å². The smallest absolute Gasteiger partial charge is 0.248 e. The summed E-state index contributed by atoms with van der Waals surface area (Å²) in [5.74, 6) is -0.812. The summed E-state index contributed by atoms with van der Waals surface area (Å²) in [6.45, 7) is 0. The SMILES string of the molecule is N#CC(F)C(=O)c1ccc2ncccc2c1. The number of Topliss-reactive ketones (excluding diaryl/α,β-unsaturated/α-hetero) is 1. The van der Waals surface area contributed by atoms with Gasteiger partial charge < -0.3 is 0 Å². The number of benzene rings is 1. The minimum atomic E-state index is -2.10. The van der Waals surface area contributed by atoms with Gasteiger partial charge in [0.2, 0.25) is 12.0 Å². The molecule has 0 N–H and O–H groups in total. The molecule has 0 aliphatic rings. The van der Waals surface area contributed by atoms with E-state index in [1.807, 2.05) is 0 Å². The second-order valence-electron chi connectivity index (χ2n) is 3.27. The Hall–Kier alpha value is -2.28. The molecule has 2 rings (SSSR count). The van der Waals surface area contributed by atoms with Gasteiger partial charge in [-0.15, -0.1) is 0 Å². The Labute approximate surface area is 91.1 Å². The average Bonchev–Trinajstić information content (AvgIpc) is 2.36. The number of hydrogen-bond donors (Lipinski definition) is 0. The Morgan fingerprint density at radius 1 is 1.44 bits per heavy atom. The van der Waals surface area contributed by atoms with E-state index in [1.165, 1.54) is 18.2 Å². The number of nitriles is 1. The van der Waals surface area contributed by atoms with Crippen LogP contribution in [0.25, 0.3) is 10.9 Å². The quantitative estimate of drug-likeness (QED) is 0.720. The first-order chi connectivity index (χ1) is 7.72. The largest absolute Gasteiger partial charge is 0.290 e. The van der Waals surface area contributed by atoms with Gasteiger partial charge >= 0.3 is 0 Å². The second kappa shape index (κ2) is 4.07. The summed E-state index contributed by atoms with van der Waals surface area (Å²) in [5, 5.41) is 9.07. The van der Waals surface area contributed by atoms with Gasteiger partial charge in [0.1, 0.15) is 6.07 Å². The van der Waals surface area contributed by atoms with Gasteiger partial charge in [-0.2, -0.15) is 5.26 Å². The van der Waals surface area contributed by atoms with Crippen LogP contribution in [0.3, 0.4) is 0 Å². The fourth-order valence-corrected chi connectivity index (χ4v) is 1.43. The van der Waals surface area contributed by atoms with E-state index in [-0.39, 0.29) is 5.56 Å². The zero-order chi connectivity index (χ0) is 11.5. The Balaban J connectivity index is 2.48. The first-order valence-electron chi connectivity index (χ1n) is 4.65. The molecular formula is C12H7FN2O. The third-order valence-corrected chi connectivity index (χ3v) is 2.23. The van der Waals surface area contributed by atoms with Crippen LogP contribution in [0.4, 0.5) is 4.39 Å². The average molecular weight is 214 g/mol. The highest BCUT2D eigenvalue weighted by molar-refractivity contribution is 6.03. The maximum atomic E-state index is 12.9. The van der Waals surface area contributed by atoms with E-state index >= 15 is 0 Å². The van der Waals surface area contributed by atoms with Crippen LogP contribution in [0.15, 0.2) is 36.5 Å². The maximum absolute atomic E-state index is 12.9. The number of hydrogen-bond acceptors (Lipinski definition) is 3. The van der Waals surface area contributed by atoms with Crippen molar-refractivity contribution in [1.82, 2.24) is 4.98 Å². The first kappa shape index (κ1) is 10.2. The minimum Gasteiger partial charge on any atom is -0.290 e. The zero-order valence-corrected chi connectivity index (χ0v) is 8.22. The molecular weight excluding hydrogens is 207 g/mol. The topological polar surface area (TPSA) is 53.8 Å². The highest BCUT2D eigenvalue weighted by Crippen LogP contribution is 2.15. The van der Waals surface area contributed by atoms with Crippen molar-refractivity contribution in [2.75, 3.05) is 0 Å². The van der Waals surface area contributed by atoms with Crippen molar-refractivity contribution >= 4 is 16.7 Å². The van der Waals surface area contributed by atoms with E-state index in [9.17, 15) is 9.18 Å². The van der Waals surface area contributed by atoms with Crippen LogP contribution in [0.5, 0.6) is 0 Å². The van der Waals surface area contributed by atoms with E-state index in [1.54, 1.807) is 24.4 Å². The number of ketones is 1. The highest BCUT2D eigenvalue weighted by Gasteiger charge is 2.18. The molecule has 0 saturated carbocycles. The summed E-state index contributed by atoms with van der Waals surface area (Å²) in [4.78, 5) is 15.5. The molecule has 0 aliphatic heterocycles. The third kappa shape index (κ3) is 1.75. The molecule has 1 heterocycles. The van der Waals surface area contributed by atoms with E-state index in [0.717, 1.165) is 10.9 Å². The molecule has 78 valence electrons. The minimum absolute atomic E-state index is 0.189. The Morgan fingerprint density at radius 3 is 3.00 bits per heavy atom. The van der Waals surface area contributed by atoms with Crippen molar-refractivity contribution in [3.63, 3.8) is 0 Å². The van der Waals surface area contributed by atoms with Crippen LogP contribution in [0, 0.1) is 11.3 Å². The van der Waals surface area contributed by atoms with Crippen LogP contribution < -0.4 is 0 Å². The highest BCUT2D eigenvalue weighted by atomic mass is 19.1. The van der Waals surface area contributed by atoms with Crippen molar-refractivity contribution in [3.05, 3.63) is 42.1 Å². The molecule has 0 amide bonds. The predicted molar refractivity (Wildman–Crippen MR) is 56.6 cm³/mol. The Kier molecular flexibility index (Phi) is 2.61. The molecule has 1 aromatic heterocycles. The predicted octanol–water partition coefficient (Wildman–Crippen LogP) is 2.28. The lowest BCUT2D eigenvalue weighted by Crippen LogP contribution is -2.13. The van der Waals surface area contributed by atoms with Gasteiger partial charge in [-0.25, -0.2) is 4.39 Å². The third-order valence-electron chi connectivity index (χ3n) is 2.23. The molecule has 4 heteroatoms. The lowest BCUT2D eigenvalue weighted by Gasteiger charge is -2.01. The van der Waals surface area contributed by atoms with E-state index in [2.05, 4.69) is 4.98 Å². The van der Waals surface area contributed by atoms with Crippen molar-refractivity contribution < 1.29 is 9.18 Å². The van der Waals surface area contributed by atoms with E-state index in [0.29, 0.717) is 0 Å². The van der Waals surface area contributed by atoms with Gasteiger partial charge in [-0.1, -0.05) is 6.07 Å². The van der Waals surface area contributed by atoms with Crippen LogP contribution in [0.2, 0.25) is 0 Å². The van der Waals surface area contributed by atoms with E-state index < -0.39 is 12.0 Å². The summed E-state index contributed by atoms with van der Waals surface area (Å²) in [7, 11) is 0. The normalized spacial score (nSPS) is 12.0. The summed E-state index contributed by atoms with van der Waals surface area (Å²) < 4.78 is 12.9. The lowest BCUT2D eigenvalue weighted by atomic mass is 10.1. The number of carbonyl (C=O) groups is 1. The Morgan fingerprint density at radius 2 is 2.25 bits per heavy atom. The van der Waals surface area contributed by atoms with Crippen molar-refractivity contribution in [1.29, 1.82) is 5.26 Å². The number of pyridine rings is 1. The summed E-state index contributed by atoms with van der Waals surface area (Å²) >= 11 is 0.